The van der Waals surface area contributed by atoms with Gasteiger partial charge in [0.2, 0.25) is 0 Å². The van der Waals surface area contributed by atoms with Gasteiger partial charge < -0.3 is 20.1 Å². The fourth-order valence-corrected chi connectivity index (χ4v) is 3.54. The van der Waals surface area contributed by atoms with E-state index in [1.54, 1.807) is 31.4 Å². The Morgan fingerprint density at radius 1 is 1.38 bits per heavy atom. The van der Waals surface area contributed by atoms with Gasteiger partial charge in [-0.25, -0.2) is 0 Å². The van der Waals surface area contributed by atoms with Gasteiger partial charge in [0.05, 0.1) is 11.9 Å². The van der Waals surface area contributed by atoms with Gasteiger partial charge in [0.15, 0.2) is 0 Å². The number of fused-ring (bicyclic) bond motifs is 1. The summed E-state index contributed by atoms with van der Waals surface area (Å²) in [7, 11) is 3.24. The minimum atomic E-state index is -0.116. The number of nitrogens with two attached hydrogens (primary N) is 1. The first kappa shape index (κ1) is 14.2. The van der Waals surface area contributed by atoms with Crippen molar-refractivity contribution in [2.75, 3.05) is 33.0 Å². The molecule has 0 saturated carbocycles. The van der Waals surface area contributed by atoms with E-state index in [1.807, 2.05) is 0 Å². The van der Waals surface area contributed by atoms with Crippen molar-refractivity contribution in [2.24, 2.45) is 0 Å². The Bertz CT molecular complexity index is 662. The Balaban J connectivity index is 1.89. The van der Waals surface area contributed by atoms with E-state index >= 15 is 0 Å². The SMILES string of the molecule is COC1CN(C(=O)c2sc3nnccc3c2N)CC1OC. The van der Waals surface area contributed by atoms with Gasteiger partial charge in [-0.2, -0.15) is 5.10 Å². The maximum atomic E-state index is 12.7. The van der Waals surface area contributed by atoms with Gasteiger partial charge in [0, 0.05) is 32.7 Å². The molecule has 2 aromatic rings. The number of anilines is 1. The first-order valence-electron chi connectivity index (χ1n) is 6.50. The average Bonchev–Trinajstić information content (AvgIpc) is 3.08. The highest BCUT2D eigenvalue weighted by Gasteiger charge is 2.37. The molecule has 1 fully saturated rings. The lowest BCUT2D eigenvalue weighted by atomic mass is 10.2. The summed E-state index contributed by atoms with van der Waals surface area (Å²) in [6.07, 6.45) is 1.33. The Hall–Kier alpha value is -1.77. The second-order valence-electron chi connectivity index (χ2n) is 4.85. The first-order valence-corrected chi connectivity index (χ1v) is 7.32. The summed E-state index contributed by atoms with van der Waals surface area (Å²) >= 11 is 1.27. The number of methoxy groups -OCH3 is 2. The van der Waals surface area contributed by atoms with Crippen molar-refractivity contribution in [3.05, 3.63) is 17.1 Å². The number of amides is 1. The molecule has 1 saturated heterocycles. The number of carbonyl (C=O) groups excluding carboxylic acids is 1. The number of carbonyl (C=O) groups is 1. The number of thiophene rings is 1. The van der Waals surface area contributed by atoms with Gasteiger partial charge in [-0.1, -0.05) is 0 Å². The van der Waals surface area contributed by atoms with Crippen molar-refractivity contribution in [2.45, 2.75) is 12.2 Å². The monoisotopic (exact) mass is 308 g/mol. The molecule has 0 radical (unpaired) electrons. The van der Waals surface area contributed by atoms with Crippen LogP contribution in [-0.4, -0.2) is 60.5 Å². The molecular formula is C13H16N4O3S. The van der Waals surface area contributed by atoms with E-state index in [1.165, 1.54) is 11.3 Å². The van der Waals surface area contributed by atoms with Crippen LogP contribution in [-0.2, 0) is 9.47 Å². The third-order valence-corrected chi connectivity index (χ3v) is 4.82. The summed E-state index contributed by atoms with van der Waals surface area (Å²) in [5.41, 5.74) is 6.54. The first-order chi connectivity index (χ1) is 10.2. The normalized spacial score (nSPS) is 22.1. The number of hydrogen-bond donors (Lipinski definition) is 1. The molecule has 2 aromatic heterocycles. The smallest absolute Gasteiger partial charge is 0.266 e. The Morgan fingerprint density at radius 2 is 2.05 bits per heavy atom. The molecule has 2 unspecified atom stereocenters. The summed E-state index contributed by atoms with van der Waals surface area (Å²) in [6, 6.07) is 1.77. The summed E-state index contributed by atoms with van der Waals surface area (Å²) in [4.78, 5) is 15.5. The summed E-state index contributed by atoms with van der Waals surface area (Å²) < 4.78 is 10.7. The van der Waals surface area contributed by atoms with Crippen molar-refractivity contribution in [1.29, 1.82) is 0 Å². The number of aromatic nitrogens is 2. The number of nitrogen functional groups attached to an aromatic ring is 1. The molecule has 0 aromatic carbocycles. The third kappa shape index (κ3) is 2.35. The highest BCUT2D eigenvalue weighted by atomic mass is 32.1. The van der Waals surface area contributed by atoms with E-state index in [4.69, 9.17) is 15.2 Å². The predicted octanol–water partition coefficient (Wildman–Crippen LogP) is 0.759. The number of rotatable bonds is 3. The lowest BCUT2D eigenvalue weighted by Gasteiger charge is -2.14. The van der Waals surface area contributed by atoms with Crippen LogP contribution in [0.15, 0.2) is 12.3 Å². The van der Waals surface area contributed by atoms with Crippen molar-refractivity contribution >= 4 is 33.1 Å². The van der Waals surface area contributed by atoms with Gasteiger partial charge >= 0.3 is 0 Å². The molecule has 8 heteroatoms. The van der Waals surface area contributed by atoms with Crippen molar-refractivity contribution < 1.29 is 14.3 Å². The molecule has 3 rings (SSSR count). The van der Waals surface area contributed by atoms with Gasteiger partial charge in [0.1, 0.15) is 21.9 Å². The molecule has 21 heavy (non-hydrogen) atoms. The molecule has 0 spiro atoms. The maximum Gasteiger partial charge on any atom is 0.266 e. The fraction of sp³-hybridized carbons (Fsp3) is 0.462. The predicted molar refractivity (Wildman–Crippen MR) is 79.3 cm³/mol. The zero-order valence-electron chi connectivity index (χ0n) is 11.8. The van der Waals surface area contributed by atoms with E-state index < -0.39 is 0 Å². The molecule has 1 amide bonds. The molecule has 7 nitrogen and oxygen atoms in total. The van der Waals surface area contributed by atoms with Crippen molar-refractivity contribution in [3.63, 3.8) is 0 Å². The van der Waals surface area contributed by atoms with Gasteiger partial charge in [-0.3, -0.25) is 4.79 Å². The lowest BCUT2D eigenvalue weighted by Crippen LogP contribution is -2.29. The average molecular weight is 308 g/mol. The second kappa shape index (κ2) is 5.55. The van der Waals surface area contributed by atoms with E-state index in [0.29, 0.717) is 28.5 Å². The van der Waals surface area contributed by atoms with E-state index in [0.717, 1.165) is 5.39 Å². The molecule has 3 heterocycles. The molecule has 112 valence electrons. The molecule has 1 aliphatic rings. The number of ether oxygens (including phenoxy) is 2. The van der Waals surface area contributed by atoms with E-state index in [9.17, 15) is 4.79 Å². The molecule has 0 aliphatic carbocycles. The third-order valence-electron chi connectivity index (χ3n) is 3.72. The van der Waals surface area contributed by atoms with Gasteiger partial charge in [0.25, 0.3) is 5.91 Å². The summed E-state index contributed by atoms with van der Waals surface area (Å²) in [5.74, 6) is -0.114. The summed E-state index contributed by atoms with van der Waals surface area (Å²) in [5, 5.41) is 8.58. The second-order valence-corrected chi connectivity index (χ2v) is 5.85. The van der Waals surface area contributed by atoms with E-state index in [-0.39, 0.29) is 18.1 Å². The Labute approximate surface area is 125 Å². The summed E-state index contributed by atoms with van der Waals surface area (Å²) in [6.45, 7) is 0.987. The maximum absolute atomic E-state index is 12.7. The van der Waals surface area contributed by atoms with Crippen LogP contribution >= 0.6 is 11.3 Å². The van der Waals surface area contributed by atoms with Crippen LogP contribution in [0.3, 0.4) is 0 Å². The van der Waals surface area contributed by atoms with Crippen LogP contribution in [0.25, 0.3) is 10.2 Å². The lowest BCUT2D eigenvalue weighted by molar-refractivity contribution is -0.00461. The molecule has 0 bridgehead atoms. The molecule has 2 atom stereocenters. The number of hydrogen-bond acceptors (Lipinski definition) is 7. The zero-order valence-corrected chi connectivity index (χ0v) is 12.6. The number of likely N-dealkylation sites (tertiary alicyclic amines) is 1. The van der Waals surface area contributed by atoms with Crippen LogP contribution in [0.2, 0.25) is 0 Å². The minimum Gasteiger partial charge on any atom is -0.397 e. The van der Waals surface area contributed by atoms with Crippen LogP contribution in [0.1, 0.15) is 9.67 Å². The van der Waals surface area contributed by atoms with E-state index in [2.05, 4.69) is 10.2 Å². The fourth-order valence-electron chi connectivity index (χ4n) is 2.54. The zero-order chi connectivity index (χ0) is 15.0. The largest absolute Gasteiger partial charge is 0.397 e. The minimum absolute atomic E-state index is 0.114. The highest BCUT2D eigenvalue weighted by molar-refractivity contribution is 7.21. The van der Waals surface area contributed by atoms with Crippen LogP contribution in [0, 0.1) is 0 Å². The Morgan fingerprint density at radius 3 is 2.62 bits per heavy atom. The van der Waals surface area contributed by atoms with Crippen LogP contribution < -0.4 is 5.73 Å². The number of nitrogens with zero attached hydrogens (tertiary/aromatic N) is 3. The molecular weight excluding hydrogens is 292 g/mol. The molecule has 1 aliphatic heterocycles. The van der Waals surface area contributed by atoms with Gasteiger partial charge in [-0.15, -0.1) is 16.4 Å². The topological polar surface area (TPSA) is 90.6 Å². The Kier molecular flexibility index (Phi) is 3.75. The van der Waals surface area contributed by atoms with Crippen LogP contribution in [0.5, 0.6) is 0 Å². The highest BCUT2D eigenvalue weighted by Crippen LogP contribution is 2.33. The van der Waals surface area contributed by atoms with Crippen molar-refractivity contribution in [3.8, 4) is 0 Å². The van der Waals surface area contributed by atoms with Crippen LogP contribution in [0.4, 0.5) is 5.69 Å². The molecule has 2 N–H and O–H groups in total. The standard InChI is InChI=1S/C13H16N4O3S/c1-19-8-5-17(6-9(8)20-2)13(18)11-10(14)7-3-4-15-16-12(7)21-11/h3-4,8-9H,5-6,14H2,1-2H3. The quantitative estimate of drug-likeness (QED) is 0.900. The van der Waals surface area contributed by atoms with Crippen molar-refractivity contribution in [1.82, 2.24) is 15.1 Å². The van der Waals surface area contributed by atoms with Gasteiger partial charge in [-0.05, 0) is 6.07 Å².